The molecule has 5 heteroatoms. The SMILES string of the molecule is NNc1ccccc1-c1ccsc1C(N)=O. The summed E-state index contributed by atoms with van der Waals surface area (Å²) < 4.78 is 0. The minimum atomic E-state index is -0.420. The Kier molecular flexibility index (Phi) is 2.89. The van der Waals surface area contributed by atoms with Crippen molar-refractivity contribution in [3.05, 3.63) is 40.6 Å². The molecular weight excluding hydrogens is 222 g/mol. The van der Waals surface area contributed by atoms with Crippen LogP contribution in [0.25, 0.3) is 11.1 Å². The molecule has 1 aromatic carbocycles. The maximum absolute atomic E-state index is 11.2. The molecule has 0 unspecified atom stereocenters. The van der Waals surface area contributed by atoms with Gasteiger partial charge in [-0.05, 0) is 17.5 Å². The number of carbonyl (C=O) groups is 1. The number of carbonyl (C=O) groups excluding carboxylic acids is 1. The standard InChI is InChI=1S/C11H11N3OS/c12-11(15)10-8(5-6-16-10)7-3-1-2-4-9(7)14-13/h1-6,14H,13H2,(H2,12,15). The van der Waals surface area contributed by atoms with Gasteiger partial charge in [0.15, 0.2) is 0 Å². The largest absolute Gasteiger partial charge is 0.365 e. The molecular formula is C11H11N3OS. The molecule has 2 aromatic rings. The van der Waals surface area contributed by atoms with E-state index in [1.807, 2.05) is 35.7 Å². The number of hydrazine groups is 1. The van der Waals surface area contributed by atoms with Crippen LogP contribution >= 0.6 is 11.3 Å². The lowest BCUT2D eigenvalue weighted by Crippen LogP contribution is -2.11. The van der Waals surface area contributed by atoms with E-state index in [1.165, 1.54) is 11.3 Å². The van der Waals surface area contributed by atoms with Gasteiger partial charge in [-0.25, -0.2) is 0 Å². The lowest BCUT2D eigenvalue weighted by atomic mass is 10.0. The van der Waals surface area contributed by atoms with E-state index in [2.05, 4.69) is 5.43 Å². The predicted octanol–water partition coefficient (Wildman–Crippen LogP) is 1.80. The van der Waals surface area contributed by atoms with Gasteiger partial charge in [-0.15, -0.1) is 11.3 Å². The van der Waals surface area contributed by atoms with Gasteiger partial charge in [0.1, 0.15) is 0 Å². The maximum atomic E-state index is 11.2. The van der Waals surface area contributed by atoms with E-state index in [0.29, 0.717) is 4.88 Å². The number of amides is 1. The fourth-order valence-corrected chi connectivity index (χ4v) is 2.32. The lowest BCUT2D eigenvalue weighted by molar-refractivity contribution is 0.100. The van der Waals surface area contributed by atoms with Crippen LogP contribution in [0.4, 0.5) is 5.69 Å². The molecule has 0 bridgehead atoms. The average Bonchev–Trinajstić information content (AvgIpc) is 2.77. The molecule has 2 rings (SSSR count). The summed E-state index contributed by atoms with van der Waals surface area (Å²) in [4.78, 5) is 11.8. The Bertz CT molecular complexity index is 521. The molecule has 0 saturated carbocycles. The molecule has 1 heterocycles. The van der Waals surface area contributed by atoms with Crippen LogP contribution in [0.5, 0.6) is 0 Å². The van der Waals surface area contributed by atoms with E-state index in [-0.39, 0.29) is 0 Å². The number of hydrogen-bond acceptors (Lipinski definition) is 4. The van der Waals surface area contributed by atoms with Crippen LogP contribution < -0.4 is 17.0 Å². The topological polar surface area (TPSA) is 81.1 Å². The quantitative estimate of drug-likeness (QED) is 0.558. The highest BCUT2D eigenvalue weighted by Gasteiger charge is 2.13. The summed E-state index contributed by atoms with van der Waals surface area (Å²) in [5, 5.41) is 1.84. The van der Waals surface area contributed by atoms with Gasteiger partial charge in [-0.1, -0.05) is 18.2 Å². The molecule has 1 aromatic heterocycles. The van der Waals surface area contributed by atoms with Crippen LogP contribution in [0.3, 0.4) is 0 Å². The number of benzene rings is 1. The summed E-state index contributed by atoms with van der Waals surface area (Å²) in [6.45, 7) is 0. The average molecular weight is 233 g/mol. The number of thiophene rings is 1. The third-order valence-corrected chi connectivity index (χ3v) is 3.19. The molecule has 4 nitrogen and oxygen atoms in total. The van der Waals surface area contributed by atoms with Crippen molar-refractivity contribution >= 4 is 22.9 Å². The normalized spacial score (nSPS) is 10.1. The van der Waals surface area contributed by atoms with Crippen molar-refractivity contribution in [3.8, 4) is 11.1 Å². The van der Waals surface area contributed by atoms with Gasteiger partial charge in [-0.3, -0.25) is 10.6 Å². The fourth-order valence-electron chi connectivity index (χ4n) is 1.56. The Morgan fingerprint density at radius 1 is 1.19 bits per heavy atom. The van der Waals surface area contributed by atoms with Crippen molar-refractivity contribution in [2.75, 3.05) is 5.43 Å². The smallest absolute Gasteiger partial charge is 0.259 e. The zero-order valence-electron chi connectivity index (χ0n) is 8.44. The summed E-state index contributed by atoms with van der Waals surface area (Å²) in [5.41, 5.74) is 10.4. The van der Waals surface area contributed by atoms with Gasteiger partial charge in [0.25, 0.3) is 5.91 Å². The van der Waals surface area contributed by atoms with Crippen molar-refractivity contribution in [1.82, 2.24) is 0 Å². The number of primary amides is 1. The van der Waals surface area contributed by atoms with Crippen molar-refractivity contribution in [3.63, 3.8) is 0 Å². The summed E-state index contributed by atoms with van der Waals surface area (Å²) >= 11 is 1.33. The Morgan fingerprint density at radius 3 is 2.62 bits per heavy atom. The van der Waals surface area contributed by atoms with Crippen LogP contribution in [0.2, 0.25) is 0 Å². The van der Waals surface area contributed by atoms with Crippen LogP contribution in [-0.4, -0.2) is 5.91 Å². The fraction of sp³-hybridized carbons (Fsp3) is 0. The van der Waals surface area contributed by atoms with Crippen LogP contribution in [0, 0.1) is 0 Å². The molecule has 0 aliphatic carbocycles. The van der Waals surface area contributed by atoms with Gasteiger partial charge in [0.05, 0.1) is 10.6 Å². The number of rotatable bonds is 3. The zero-order valence-corrected chi connectivity index (χ0v) is 9.25. The number of nitrogen functional groups attached to an aromatic ring is 1. The molecule has 0 fully saturated rings. The summed E-state index contributed by atoms with van der Waals surface area (Å²) in [7, 11) is 0. The Labute approximate surface area is 96.9 Å². The van der Waals surface area contributed by atoms with E-state index in [1.54, 1.807) is 0 Å². The first kappa shape index (κ1) is 10.7. The van der Waals surface area contributed by atoms with E-state index < -0.39 is 5.91 Å². The predicted molar refractivity (Wildman–Crippen MR) is 66.1 cm³/mol. The molecule has 0 saturated heterocycles. The molecule has 82 valence electrons. The van der Waals surface area contributed by atoms with Gasteiger partial charge in [0, 0.05) is 11.1 Å². The monoisotopic (exact) mass is 233 g/mol. The van der Waals surface area contributed by atoms with E-state index in [9.17, 15) is 4.79 Å². The molecule has 0 aliphatic rings. The number of nitrogens with one attached hydrogen (secondary N) is 1. The number of nitrogens with two attached hydrogens (primary N) is 2. The Morgan fingerprint density at radius 2 is 1.94 bits per heavy atom. The highest BCUT2D eigenvalue weighted by molar-refractivity contribution is 7.12. The molecule has 0 atom stereocenters. The first-order valence-electron chi connectivity index (χ1n) is 4.67. The minimum absolute atomic E-state index is 0.420. The number of para-hydroxylation sites is 1. The van der Waals surface area contributed by atoms with Gasteiger partial charge in [-0.2, -0.15) is 0 Å². The molecule has 1 amide bonds. The molecule has 0 radical (unpaired) electrons. The third-order valence-electron chi connectivity index (χ3n) is 2.26. The Hall–Kier alpha value is -1.85. The maximum Gasteiger partial charge on any atom is 0.259 e. The third kappa shape index (κ3) is 1.78. The van der Waals surface area contributed by atoms with E-state index in [4.69, 9.17) is 11.6 Å². The van der Waals surface area contributed by atoms with Gasteiger partial charge < -0.3 is 11.2 Å². The second kappa shape index (κ2) is 4.34. The van der Waals surface area contributed by atoms with Crippen molar-refractivity contribution in [1.29, 1.82) is 0 Å². The van der Waals surface area contributed by atoms with Gasteiger partial charge in [0.2, 0.25) is 0 Å². The second-order valence-electron chi connectivity index (χ2n) is 3.22. The number of hydrogen-bond donors (Lipinski definition) is 3. The first-order valence-corrected chi connectivity index (χ1v) is 5.55. The van der Waals surface area contributed by atoms with Crippen LogP contribution in [-0.2, 0) is 0 Å². The number of anilines is 1. The molecule has 0 spiro atoms. The molecule has 5 N–H and O–H groups in total. The highest BCUT2D eigenvalue weighted by Crippen LogP contribution is 2.32. The lowest BCUT2D eigenvalue weighted by Gasteiger charge is -2.08. The van der Waals surface area contributed by atoms with Crippen LogP contribution in [0.1, 0.15) is 9.67 Å². The molecule has 0 aliphatic heterocycles. The minimum Gasteiger partial charge on any atom is -0.365 e. The highest BCUT2D eigenvalue weighted by atomic mass is 32.1. The first-order chi connectivity index (χ1) is 7.74. The van der Waals surface area contributed by atoms with Gasteiger partial charge >= 0.3 is 0 Å². The van der Waals surface area contributed by atoms with E-state index >= 15 is 0 Å². The summed E-state index contributed by atoms with van der Waals surface area (Å²) in [6.07, 6.45) is 0. The Balaban J connectivity index is 2.58. The van der Waals surface area contributed by atoms with Crippen LogP contribution in [0.15, 0.2) is 35.7 Å². The second-order valence-corrected chi connectivity index (χ2v) is 4.13. The zero-order chi connectivity index (χ0) is 11.5. The summed E-state index contributed by atoms with van der Waals surface area (Å²) in [5.74, 6) is 5.00. The molecule has 16 heavy (non-hydrogen) atoms. The van der Waals surface area contributed by atoms with Crippen molar-refractivity contribution in [2.24, 2.45) is 11.6 Å². The summed E-state index contributed by atoms with van der Waals surface area (Å²) in [6, 6.07) is 9.36. The van der Waals surface area contributed by atoms with Crippen molar-refractivity contribution in [2.45, 2.75) is 0 Å². The van der Waals surface area contributed by atoms with E-state index in [0.717, 1.165) is 16.8 Å². The van der Waals surface area contributed by atoms with Crippen molar-refractivity contribution < 1.29 is 4.79 Å².